The van der Waals surface area contributed by atoms with Crippen LogP contribution in [0.4, 0.5) is 0 Å². The average molecular weight is 459 g/mol. The molecule has 2 amide bonds. The first-order valence-electron chi connectivity index (χ1n) is 10.8. The molecule has 1 aliphatic rings. The molecule has 0 bridgehead atoms. The number of hydrogen-bond donors (Lipinski definition) is 3. The summed E-state index contributed by atoms with van der Waals surface area (Å²) in [7, 11) is 0. The Labute approximate surface area is 191 Å². The van der Waals surface area contributed by atoms with Gasteiger partial charge in [0.2, 0.25) is 17.6 Å². The molecule has 5 N–H and O–H groups in total. The van der Waals surface area contributed by atoms with Crippen molar-refractivity contribution < 1.29 is 14.4 Å². The Morgan fingerprint density at radius 3 is 2.62 bits per heavy atom. The first-order chi connectivity index (χ1) is 15.3. The van der Waals surface area contributed by atoms with Gasteiger partial charge in [0.05, 0.1) is 16.3 Å². The van der Waals surface area contributed by atoms with Crippen LogP contribution in [0, 0.1) is 5.92 Å². The third kappa shape index (κ3) is 6.49. The Hall–Kier alpha value is -3.01. The maximum Gasteiger partial charge on any atom is 0.220 e. The number of nitrogens with two attached hydrogens (primary N) is 2. The van der Waals surface area contributed by atoms with E-state index in [2.05, 4.69) is 15.3 Å². The van der Waals surface area contributed by atoms with Crippen LogP contribution >= 0.6 is 11.3 Å². The van der Waals surface area contributed by atoms with E-state index >= 15 is 0 Å². The normalized spacial score (nSPS) is 15.3. The third-order valence-electron chi connectivity index (χ3n) is 5.64. The van der Waals surface area contributed by atoms with E-state index in [0.717, 1.165) is 23.1 Å². The predicted octanol–water partition coefficient (Wildman–Crippen LogP) is 1.67. The number of Topliss-reactive ketones (excluding diaryl/α,β-unsaturated/α-hetero) is 1. The smallest absolute Gasteiger partial charge is 0.220 e. The number of likely N-dealkylation sites (tertiary alicyclic amines) is 1. The van der Waals surface area contributed by atoms with Crippen molar-refractivity contribution >= 4 is 45.1 Å². The zero-order valence-electron chi connectivity index (χ0n) is 18.3. The van der Waals surface area contributed by atoms with Crippen LogP contribution in [0.25, 0.3) is 10.2 Å². The van der Waals surface area contributed by atoms with Gasteiger partial charge in [0, 0.05) is 33.0 Å². The van der Waals surface area contributed by atoms with Crippen LogP contribution in [0.1, 0.15) is 48.8 Å². The number of guanidine groups is 1. The Balaban J connectivity index is 1.63. The van der Waals surface area contributed by atoms with E-state index < -0.39 is 6.04 Å². The molecule has 2 heterocycles. The number of rotatable bonds is 9. The molecule has 9 nitrogen and oxygen atoms in total. The first-order valence-corrected chi connectivity index (χ1v) is 11.6. The van der Waals surface area contributed by atoms with Crippen LogP contribution < -0.4 is 16.8 Å². The number of ketones is 1. The number of nitrogens with zero attached hydrogens (tertiary/aromatic N) is 3. The summed E-state index contributed by atoms with van der Waals surface area (Å²) in [5.74, 6) is -0.0937. The molecular weight excluding hydrogens is 428 g/mol. The highest BCUT2D eigenvalue weighted by atomic mass is 32.1. The lowest BCUT2D eigenvalue weighted by atomic mass is 9.93. The van der Waals surface area contributed by atoms with E-state index in [9.17, 15) is 14.4 Å². The van der Waals surface area contributed by atoms with Gasteiger partial charge in [-0.15, -0.1) is 11.3 Å². The van der Waals surface area contributed by atoms with Gasteiger partial charge < -0.3 is 21.7 Å². The van der Waals surface area contributed by atoms with Crippen molar-refractivity contribution in [1.82, 2.24) is 15.2 Å². The molecule has 0 saturated carbocycles. The highest BCUT2D eigenvalue weighted by molar-refractivity contribution is 7.20. The lowest BCUT2D eigenvalue weighted by molar-refractivity contribution is -0.130. The number of para-hydroxylation sites is 1. The SMILES string of the molecule is CC(=O)N1CCC(CC(=O)NC(CCCN=C(N)N)C(=O)c2nc3ccccc3s2)CC1. The van der Waals surface area contributed by atoms with Crippen molar-refractivity contribution in [3.63, 3.8) is 0 Å². The van der Waals surface area contributed by atoms with Crippen molar-refractivity contribution in [1.29, 1.82) is 0 Å². The fourth-order valence-electron chi connectivity index (χ4n) is 3.87. The van der Waals surface area contributed by atoms with Crippen LogP contribution in [0.15, 0.2) is 29.3 Å². The molecule has 2 aromatic rings. The number of amides is 2. The maximum absolute atomic E-state index is 13.2. The minimum absolute atomic E-state index is 0.0000108. The largest absolute Gasteiger partial charge is 0.370 e. The number of aromatic nitrogens is 1. The molecular formula is C22H30N6O3S. The Bertz CT molecular complexity index is 959. The van der Waals surface area contributed by atoms with Gasteiger partial charge in [0.25, 0.3) is 0 Å². The monoisotopic (exact) mass is 458 g/mol. The Kier molecular flexibility index (Phi) is 8.15. The predicted molar refractivity (Wildman–Crippen MR) is 125 cm³/mol. The number of carbonyl (C=O) groups is 3. The summed E-state index contributed by atoms with van der Waals surface area (Å²) in [4.78, 5) is 47.7. The summed E-state index contributed by atoms with van der Waals surface area (Å²) in [5.41, 5.74) is 11.5. The summed E-state index contributed by atoms with van der Waals surface area (Å²) >= 11 is 1.33. The maximum atomic E-state index is 13.2. The van der Waals surface area contributed by atoms with E-state index in [1.807, 2.05) is 24.3 Å². The molecule has 1 aromatic carbocycles. The molecule has 1 unspecified atom stereocenters. The number of benzene rings is 1. The van der Waals surface area contributed by atoms with Gasteiger partial charge in [-0.3, -0.25) is 19.4 Å². The van der Waals surface area contributed by atoms with Crippen LogP contribution in [0.5, 0.6) is 0 Å². The molecule has 32 heavy (non-hydrogen) atoms. The summed E-state index contributed by atoms with van der Waals surface area (Å²) in [6.45, 7) is 3.28. The molecule has 10 heteroatoms. The van der Waals surface area contributed by atoms with Gasteiger partial charge in [-0.05, 0) is 43.7 Å². The topological polar surface area (TPSA) is 144 Å². The van der Waals surface area contributed by atoms with Gasteiger partial charge >= 0.3 is 0 Å². The molecule has 0 aliphatic carbocycles. The molecule has 1 fully saturated rings. The molecule has 0 radical (unpaired) electrons. The minimum atomic E-state index is -0.686. The van der Waals surface area contributed by atoms with Crippen LogP contribution in [0.3, 0.4) is 0 Å². The number of thiazole rings is 1. The zero-order valence-corrected chi connectivity index (χ0v) is 19.1. The van der Waals surface area contributed by atoms with Crippen molar-refractivity contribution in [3.05, 3.63) is 29.3 Å². The number of nitrogens with one attached hydrogen (secondary N) is 1. The second-order valence-corrected chi connectivity index (χ2v) is 9.10. The van der Waals surface area contributed by atoms with Gasteiger partial charge in [0.1, 0.15) is 0 Å². The molecule has 3 rings (SSSR count). The van der Waals surface area contributed by atoms with E-state index in [4.69, 9.17) is 11.5 Å². The third-order valence-corrected chi connectivity index (χ3v) is 6.69. The Morgan fingerprint density at radius 1 is 1.25 bits per heavy atom. The van der Waals surface area contributed by atoms with Gasteiger partial charge in [-0.2, -0.15) is 0 Å². The van der Waals surface area contributed by atoms with E-state index in [1.54, 1.807) is 11.8 Å². The number of carbonyl (C=O) groups excluding carboxylic acids is 3. The van der Waals surface area contributed by atoms with Gasteiger partial charge in [0.15, 0.2) is 11.0 Å². The lowest BCUT2D eigenvalue weighted by Crippen LogP contribution is -2.43. The molecule has 1 saturated heterocycles. The summed E-state index contributed by atoms with van der Waals surface area (Å²) in [6.07, 6.45) is 2.88. The molecule has 0 spiro atoms. The average Bonchev–Trinajstić information content (AvgIpc) is 3.20. The van der Waals surface area contributed by atoms with E-state index in [0.29, 0.717) is 43.9 Å². The van der Waals surface area contributed by atoms with Crippen molar-refractivity contribution in [3.8, 4) is 0 Å². The lowest BCUT2D eigenvalue weighted by Gasteiger charge is -2.31. The standard InChI is InChI=1S/C22H30N6O3S/c1-14(29)28-11-8-15(9-12-28)13-19(30)26-17(6-4-10-25-22(23)24)20(31)21-27-16-5-2-3-7-18(16)32-21/h2-3,5,7,15,17H,4,6,8-13H2,1H3,(H,26,30)(H4,23,24,25). The van der Waals surface area contributed by atoms with Crippen molar-refractivity contribution in [2.24, 2.45) is 22.4 Å². The second-order valence-electron chi connectivity index (χ2n) is 8.07. The molecule has 1 aliphatic heterocycles. The van der Waals surface area contributed by atoms with E-state index in [-0.39, 0.29) is 29.5 Å². The minimum Gasteiger partial charge on any atom is -0.370 e. The first kappa shape index (κ1) is 23.6. The van der Waals surface area contributed by atoms with Crippen LogP contribution in [0.2, 0.25) is 0 Å². The fraction of sp³-hybridized carbons (Fsp3) is 0.500. The summed E-state index contributed by atoms with van der Waals surface area (Å²) in [6, 6.07) is 6.88. The molecule has 172 valence electrons. The van der Waals surface area contributed by atoms with E-state index in [1.165, 1.54) is 11.3 Å². The van der Waals surface area contributed by atoms with Gasteiger partial charge in [-0.1, -0.05) is 12.1 Å². The second kappa shape index (κ2) is 11.0. The fourth-order valence-corrected chi connectivity index (χ4v) is 4.83. The highest BCUT2D eigenvalue weighted by Gasteiger charge is 2.27. The Morgan fingerprint density at radius 2 is 1.97 bits per heavy atom. The van der Waals surface area contributed by atoms with Crippen molar-refractivity contribution in [2.75, 3.05) is 19.6 Å². The number of hydrogen-bond acceptors (Lipinski definition) is 6. The number of fused-ring (bicyclic) bond motifs is 1. The summed E-state index contributed by atoms with van der Waals surface area (Å²) < 4.78 is 0.929. The quantitative estimate of drug-likeness (QED) is 0.226. The molecule has 1 atom stereocenters. The highest BCUT2D eigenvalue weighted by Crippen LogP contribution is 2.24. The van der Waals surface area contributed by atoms with Crippen LogP contribution in [-0.4, -0.2) is 59.1 Å². The zero-order chi connectivity index (χ0) is 23.1. The number of piperidine rings is 1. The summed E-state index contributed by atoms with van der Waals surface area (Å²) in [5, 5.41) is 3.30. The van der Waals surface area contributed by atoms with Gasteiger partial charge in [-0.25, -0.2) is 4.98 Å². The van der Waals surface area contributed by atoms with Crippen LogP contribution in [-0.2, 0) is 9.59 Å². The molecule has 1 aromatic heterocycles. The van der Waals surface area contributed by atoms with Crippen molar-refractivity contribution in [2.45, 2.75) is 45.1 Å². The number of aliphatic imine (C=N–C) groups is 1.